The van der Waals surface area contributed by atoms with Crippen molar-refractivity contribution in [2.75, 3.05) is 6.61 Å². The second kappa shape index (κ2) is 6.51. The second-order valence-electron chi connectivity index (χ2n) is 4.14. The van der Waals surface area contributed by atoms with Gasteiger partial charge in [-0.25, -0.2) is 5.43 Å². The normalized spacial score (nSPS) is 10.7. The zero-order valence-electron chi connectivity index (χ0n) is 11.4. The third-order valence-corrected chi connectivity index (χ3v) is 2.51. The molecule has 1 heterocycles. The molecule has 0 bridgehead atoms. The molecule has 0 spiro atoms. The van der Waals surface area contributed by atoms with Gasteiger partial charge in [-0.15, -0.1) is 0 Å². The minimum atomic E-state index is -0.350. The van der Waals surface area contributed by atoms with E-state index in [1.165, 1.54) is 0 Å². The number of aryl methyl sites for hydroxylation is 1. The first-order chi connectivity index (χ1) is 9.69. The van der Waals surface area contributed by atoms with Gasteiger partial charge in [0.2, 0.25) is 0 Å². The van der Waals surface area contributed by atoms with Crippen LogP contribution in [-0.4, -0.2) is 28.9 Å². The first-order valence-corrected chi connectivity index (χ1v) is 6.27. The van der Waals surface area contributed by atoms with E-state index in [1.807, 2.05) is 38.1 Å². The number of hydrazone groups is 1. The van der Waals surface area contributed by atoms with E-state index < -0.39 is 0 Å². The monoisotopic (exact) mass is 272 g/mol. The third-order valence-electron chi connectivity index (χ3n) is 2.51. The molecule has 0 saturated carbocycles. The van der Waals surface area contributed by atoms with Crippen LogP contribution in [0.25, 0.3) is 0 Å². The lowest BCUT2D eigenvalue weighted by Crippen LogP contribution is -2.17. The van der Waals surface area contributed by atoms with E-state index in [0.717, 1.165) is 17.0 Å². The maximum Gasteiger partial charge on any atom is 0.291 e. The van der Waals surface area contributed by atoms with E-state index in [0.29, 0.717) is 12.3 Å². The number of carbonyl (C=O) groups excluding carboxylic acids is 1. The first-order valence-electron chi connectivity index (χ1n) is 6.27. The van der Waals surface area contributed by atoms with Crippen LogP contribution < -0.4 is 10.2 Å². The number of carbonyl (C=O) groups is 1. The molecule has 0 saturated heterocycles. The smallest absolute Gasteiger partial charge is 0.291 e. The molecule has 6 heteroatoms. The number of aromatic amines is 1. The van der Waals surface area contributed by atoms with Crippen LogP contribution >= 0.6 is 0 Å². The summed E-state index contributed by atoms with van der Waals surface area (Å²) in [6.45, 7) is 4.39. The van der Waals surface area contributed by atoms with Crippen molar-refractivity contribution in [3.8, 4) is 5.75 Å². The molecule has 2 N–H and O–H groups in total. The predicted molar refractivity (Wildman–Crippen MR) is 76.0 cm³/mol. The minimum Gasteiger partial charge on any atom is -0.494 e. The Morgan fingerprint density at radius 1 is 1.45 bits per heavy atom. The fourth-order valence-corrected chi connectivity index (χ4v) is 1.57. The van der Waals surface area contributed by atoms with E-state index >= 15 is 0 Å². The minimum absolute atomic E-state index is 0.311. The summed E-state index contributed by atoms with van der Waals surface area (Å²) in [4.78, 5) is 11.7. The average molecular weight is 272 g/mol. The van der Waals surface area contributed by atoms with Crippen LogP contribution in [0, 0.1) is 6.92 Å². The molecule has 2 rings (SSSR count). The summed E-state index contributed by atoms with van der Waals surface area (Å²) in [5.41, 5.74) is 4.42. The molecule has 0 atom stereocenters. The summed E-state index contributed by atoms with van der Waals surface area (Å²) in [7, 11) is 0. The summed E-state index contributed by atoms with van der Waals surface area (Å²) < 4.78 is 5.34. The van der Waals surface area contributed by atoms with Crippen LogP contribution in [0.5, 0.6) is 5.75 Å². The summed E-state index contributed by atoms with van der Waals surface area (Å²) >= 11 is 0. The molecule has 1 aromatic heterocycles. The molecule has 0 aliphatic heterocycles. The topological polar surface area (TPSA) is 79.4 Å². The number of benzene rings is 1. The Balaban J connectivity index is 1.91. The van der Waals surface area contributed by atoms with E-state index in [4.69, 9.17) is 4.74 Å². The lowest BCUT2D eigenvalue weighted by atomic mass is 10.2. The standard InChI is InChI=1S/C14H16N4O2/c1-3-20-12-6-4-11(5-7-12)9-15-18-14(19)13-8-10(2)16-17-13/h4-9H,3H2,1-2H3,(H,16,17)(H,18,19). The zero-order chi connectivity index (χ0) is 14.4. The van der Waals surface area contributed by atoms with Crippen LogP contribution in [0.15, 0.2) is 35.4 Å². The largest absolute Gasteiger partial charge is 0.494 e. The van der Waals surface area contributed by atoms with Gasteiger partial charge in [-0.1, -0.05) is 0 Å². The third kappa shape index (κ3) is 3.68. The molecule has 2 aromatic rings. The molecular weight excluding hydrogens is 256 g/mol. The summed E-state index contributed by atoms with van der Waals surface area (Å²) in [6.07, 6.45) is 1.56. The highest BCUT2D eigenvalue weighted by Gasteiger charge is 2.07. The van der Waals surface area contributed by atoms with Gasteiger partial charge < -0.3 is 4.74 Å². The van der Waals surface area contributed by atoms with Crippen molar-refractivity contribution in [2.45, 2.75) is 13.8 Å². The lowest BCUT2D eigenvalue weighted by molar-refractivity contribution is 0.0950. The van der Waals surface area contributed by atoms with Crippen molar-refractivity contribution < 1.29 is 9.53 Å². The van der Waals surface area contributed by atoms with Gasteiger partial charge in [0.05, 0.1) is 12.8 Å². The molecule has 0 unspecified atom stereocenters. The molecule has 1 aromatic carbocycles. The van der Waals surface area contributed by atoms with Crippen molar-refractivity contribution >= 4 is 12.1 Å². The summed E-state index contributed by atoms with van der Waals surface area (Å²) in [6, 6.07) is 9.08. The van der Waals surface area contributed by atoms with Crippen molar-refractivity contribution in [3.05, 3.63) is 47.3 Å². The van der Waals surface area contributed by atoms with E-state index in [2.05, 4.69) is 20.7 Å². The molecule has 20 heavy (non-hydrogen) atoms. The fourth-order valence-electron chi connectivity index (χ4n) is 1.57. The number of ether oxygens (including phenoxy) is 1. The van der Waals surface area contributed by atoms with Gasteiger partial charge in [0.25, 0.3) is 5.91 Å². The molecule has 0 radical (unpaired) electrons. The molecule has 104 valence electrons. The van der Waals surface area contributed by atoms with Gasteiger partial charge in [-0.2, -0.15) is 10.2 Å². The lowest BCUT2D eigenvalue weighted by Gasteiger charge is -2.02. The first kappa shape index (κ1) is 13.8. The van der Waals surface area contributed by atoms with Gasteiger partial charge in [0.15, 0.2) is 5.69 Å². The Morgan fingerprint density at radius 3 is 2.80 bits per heavy atom. The van der Waals surface area contributed by atoms with Crippen molar-refractivity contribution in [2.24, 2.45) is 5.10 Å². The van der Waals surface area contributed by atoms with Gasteiger partial charge in [0, 0.05) is 5.69 Å². The fraction of sp³-hybridized carbons (Fsp3) is 0.214. The molecular formula is C14H16N4O2. The maximum absolute atomic E-state index is 11.7. The molecule has 6 nitrogen and oxygen atoms in total. The van der Waals surface area contributed by atoms with E-state index in [-0.39, 0.29) is 5.91 Å². The van der Waals surface area contributed by atoms with Crippen LogP contribution in [0.1, 0.15) is 28.7 Å². The van der Waals surface area contributed by atoms with Gasteiger partial charge in [-0.05, 0) is 49.7 Å². The highest BCUT2D eigenvalue weighted by molar-refractivity contribution is 5.93. The molecule has 0 fully saturated rings. The number of amides is 1. The van der Waals surface area contributed by atoms with Crippen LogP contribution in [0.4, 0.5) is 0 Å². The van der Waals surface area contributed by atoms with E-state index in [1.54, 1.807) is 12.3 Å². The Morgan fingerprint density at radius 2 is 2.20 bits per heavy atom. The Kier molecular flexibility index (Phi) is 4.49. The Hall–Kier alpha value is -2.63. The second-order valence-corrected chi connectivity index (χ2v) is 4.14. The highest BCUT2D eigenvalue weighted by Crippen LogP contribution is 2.10. The SMILES string of the molecule is CCOc1ccc(C=NNC(=O)c2cc(C)[nH]n2)cc1. The number of nitrogens with zero attached hydrogens (tertiary/aromatic N) is 2. The molecule has 1 amide bonds. The highest BCUT2D eigenvalue weighted by atomic mass is 16.5. The maximum atomic E-state index is 11.7. The van der Waals surface area contributed by atoms with Crippen molar-refractivity contribution in [1.29, 1.82) is 0 Å². The number of H-pyrrole nitrogens is 1. The number of hydrogen-bond donors (Lipinski definition) is 2. The van der Waals surface area contributed by atoms with Crippen LogP contribution in [0.3, 0.4) is 0 Å². The van der Waals surface area contributed by atoms with Crippen molar-refractivity contribution in [3.63, 3.8) is 0 Å². The quantitative estimate of drug-likeness (QED) is 0.644. The zero-order valence-corrected chi connectivity index (χ0v) is 11.4. The van der Waals surface area contributed by atoms with Gasteiger partial charge in [-0.3, -0.25) is 9.89 Å². The number of nitrogens with one attached hydrogen (secondary N) is 2. The molecule has 0 aliphatic carbocycles. The van der Waals surface area contributed by atoms with Gasteiger partial charge in [0.1, 0.15) is 5.75 Å². The molecule has 0 aliphatic rings. The number of hydrogen-bond acceptors (Lipinski definition) is 4. The Labute approximate surface area is 116 Å². The number of rotatable bonds is 5. The average Bonchev–Trinajstić information content (AvgIpc) is 2.88. The predicted octanol–water partition coefficient (Wildman–Crippen LogP) is 1.88. The number of aromatic nitrogens is 2. The van der Waals surface area contributed by atoms with E-state index in [9.17, 15) is 4.79 Å². The van der Waals surface area contributed by atoms with Gasteiger partial charge >= 0.3 is 0 Å². The summed E-state index contributed by atoms with van der Waals surface area (Å²) in [5.74, 6) is 0.456. The van der Waals surface area contributed by atoms with Crippen molar-refractivity contribution in [1.82, 2.24) is 15.6 Å². The summed E-state index contributed by atoms with van der Waals surface area (Å²) in [5, 5.41) is 10.4. The van der Waals surface area contributed by atoms with Crippen LogP contribution in [-0.2, 0) is 0 Å². The Bertz CT molecular complexity index is 602. The van der Waals surface area contributed by atoms with Crippen LogP contribution in [0.2, 0.25) is 0 Å².